The van der Waals surface area contributed by atoms with Crippen molar-refractivity contribution < 1.29 is 3.76 Å². The molecular weight excluding hydrogens is 413 g/mol. The molecule has 0 aromatic carbocycles. The fraction of sp³-hybridized carbons (Fsp3) is 1.00. The van der Waals surface area contributed by atoms with Gasteiger partial charge in [-0.1, -0.05) is 0 Å². The van der Waals surface area contributed by atoms with Crippen LogP contribution in [0.1, 0.15) is 86.5 Å². The number of unbranched alkanes of at least 4 members (excludes halogenated alkanes) is 4. The average molecular weight is 460 g/mol. The van der Waals surface area contributed by atoms with Crippen LogP contribution >= 0.6 is 0 Å². The molecule has 0 aliphatic carbocycles. The Bertz CT molecular complexity index is 272. The van der Waals surface area contributed by atoms with E-state index in [4.69, 9.17) is 3.76 Å². The zero-order valence-corrected chi connectivity index (χ0v) is 22.3. The van der Waals surface area contributed by atoms with Crippen molar-refractivity contribution in [3.05, 3.63) is 0 Å². The molecule has 0 aliphatic heterocycles. The van der Waals surface area contributed by atoms with E-state index in [1.54, 1.807) is 10.5 Å². The Kier molecular flexibility index (Phi) is 14.8. The number of rotatable bonds is 15. The van der Waals surface area contributed by atoms with Crippen molar-refractivity contribution in [2.75, 3.05) is 0 Å². The predicted octanol–water partition coefficient (Wildman–Crippen LogP) is 7.57. The number of hydrogen-bond acceptors (Lipinski definition) is 1. The van der Waals surface area contributed by atoms with Gasteiger partial charge in [-0.15, -0.1) is 0 Å². The van der Waals surface area contributed by atoms with Gasteiger partial charge < -0.3 is 0 Å². The van der Waals surface area contributed by atoms with Gasteiger partial charge in [0.25, 0.3) is 0 Å². The molecule has 0 saturated heterocycles. The summed E-state index contributed by atoms with van der Waals surface area (Å²) in [6.45, 7) is 14.3. The molecule has 1 nitrogen and oxygen atoms in total. The van der Waals surface area contributed by atoms with Crippen molar-refractivity contribution >= 4 is 29.0 Å². The summed E-state index contributed by atoms with van der Waals surface area (Å²) < 4.78 is 6.76. The molecule has 2 radical (unpaired) electrons. The molecule has 0 aromatic rings. The summed E-state index contributed by atoms with van der Waals surface area (Å²) in [6, 6.07) is 0. The Hall–Kier alpha value is 1.05. The van der Waals surface area contributed by atoms with E-state index in [9.17, 15) is 0 Å². The molecule has 0 amide bonds. The second kappa shape index (κ2) is 14.1. The summed E-state index contributed by atoms with van der Waals surface area (Å²) in [7, 11) is 0. The maximum atomic E-state index is 6.76. The standard InChI is InChI=1S/C21H46Ge2O/c1-9-11-13-16-23(17-14-12-10-2)18-15-21(19(3)4,20(5)6)24-22(7)8/h19-20H,9-18H2,1-8H3. The second-order valence-corrected chi connectivity index (χ2v) is 19.0. The molecule has 0 saturated carbocycles. The minimum absolute atomic E-state index is 0.159. The zero-order valence-electron chi connectivity index (χ0n) is 18.1. The SMILES string of the molecule is CCCC[CH2][Ge]([CH2]CCCC)[CH2]CC([O][Ge]([CH3])[CH3])(C(C)C)C(C)C. The van der Waals surface area contributed by atoms with Gasteiger partial charge in [-0.05, 0) is 0 Å². The Balaban J connectivity index is 4.85. The van der Waals surface area contributed by atoms with Gasteiger partial charge >= 0.3 is 164 Å². The van der Waals surface area contributed by atoms with E-state index in [1.807, 2.05) is 0 Å². The monoisotopic (exact) mass is 462 g/mol. The summed E-state index contributed by atoms with van der Waals surface area (Å²) in [4.78, 5) is 0. The molecule has 3 heteroatoms. The summed E-state index contributed by atoms with van der Waals surface area (Å²) in [5, 5.41) is 4.74. The molecule has 0 atom stereocenters. The van der Waals surface area contributed by atoms with Crippen molar-refractivity contribution in [1.29, 1.82) is 0 Å². The first-order chi connectivity index (χ1) is 11.3. The van der Waals surface area contributed by atoms with Gasteiger partial charge in [0.15, 0.2) is 0 Å². The summed E-state index contributed by atoms with van der Waals surface area (Å²) in [5.41, 5.74) is 0.159. The van der Waals surface area contributed by atoms with Crippen LogP contribution in [0, 0.1) is 11.8 Å². The average Bonchev–Trinajstić information content (AvgIpc) is 2.50. The first kappa shape index (κ1) is 25.0. The van der Waals surface area contributed by atoms with Crippen LogP contribution in [0.4, 0.5) is 0 Å². The topological polar surface area (TPSA) is 9.23 Å². The normalized spacial score (nSPS) is 13.0. The van der Waals surface area contributed by atoms with Gasteiger partial charge in [-0.2, -0.15) is 0 Å². The molecule has 144 valence electrons. The molecule has 24 heavy (non-hydrogen) atoms. The molecule has 0 N–H and O–H groups in total. The van der Waals surface area contributed by atoms with Crippen LogP contribution in [0.25, 0.3) is 0 Å². The summed E-state index contributed by atoms with van der Waals surface area (Å²) in [6.07, 6.45) is 9.96. The van der Waals surface area contributed by atoms with Crippen LogP contribution in [-0.4, -0.2) is 34.6 Å². The fourth-order valence-corrected chi connectivity index (χ4v) is 13.0. The molecule has 0 unspecified atom stereocenters. The molecule has 0 aliphatic rings. The maximum absolute atomic E-state index is 6.76. The minimum atomic E-state index is -1.27. The zero-order chi connectivity index (χ0) is 18.6. The van der Waals surface area contributed by atoms with E-state index >= 15 is 0 Å². The van der Waals surface area contributed by atoms with Crippen LogP contribution in [0.5, 0.6) is 0 Å². The van der Waals surface area contributed by atoms with Gasteiger partial charge in [-0.3, -0.25) is 0 Å². The summed E-state index contributed by atoms with van der Waals surface area (Å²) >= 11 is -2.16. The quantitative estimate of drug-likeness (QED) is 0.181. The van der Waals surface area contributed by atoms with E-state index < -0.39 is 29.0 Å². The molecule has 0 fully saturated rings. The van der Waals surface area contributed by atoms with Crippen LogP contribution in [0.2, 0.25) is 27.3 Å². The van der Waals surface area contributed by atoms with E-state index in [0.717, 1.165) is 0 Å². The first-order valence-electron chi connectivity index (χ1n) is 10.6. The van der Waals surface area contributed by atoms with Crippen LogP contribution in [-0.2, 0) is 3.76 Å². The van der Waals surface area contributed by atoms with Gasteiger partial charge in [-0.25, -0.2) is 0 Å². The molecule has 0 heterocycles. The Morgan fingerprint density at radius 2 is 1.21 bits per heavy atom. The van der Waals surface area contributed by atoms with E-state index in [-0.39, 0.29) is 5.60 Å². The van der Waals surface area contributed by atoms with E-state index in [0.29, 0.717) is 11.8 Å². The number of hydrogen-bond donors (Lipinski definition) is 0. The van der Waals surface area contributed by atoms with Gasteiger partial charge in [0.05, 0.1) is 0 Å². The van der Waals surface area contributed by atoms with Crippen molar-refractivity contribution in [2.45, 2.75) is 119 Å². The summed E-state index contributed by atoms with van der Waals surface area (Å²) in [5.74, 6) is 6.04. The third-order valence-electron chi connectivity index (χ3n) is 5.49. The molecule has 0 aromatic heterocycles. The van der Waals surface area contributed by atoms with Crippen LogP contribution in [0.3, 0.4) is 0 Å². The molecular formula is C21H46Ge2O. The Morgan fingerprint density at radius 3 is 1.54 bits per heavy atom. The van der Waals surface area contributed by atoms with E-state index in [2.05, 4.69) is 53.1 Å². The van der Waals surface area contributed by atoms with Crippen LogP contribution < -0.4 is 0 Å². The van der Waals surface area contributed by atoms with Crippen molar-refractivity contribution in [2.24, 2.45) is 11.8 Å². The van der Waals surface area contributed by atoms with E-state index in [1.165, 1.54) is 50.2 Å². The molecule has 0 spiro atoms. The van der Waals surface area contributed by atoms with Crippen molar-refractivity contribution in [3.8, 4) is 0 Å². The van der Waals surface area contributed by atoms with Gasteiger partial charge in [0.1, 0.15) is 0 Å². The fourth-order valence-electron chi connectivity index (χ4n) is 3.91. The third kappa shape index (κ3) is 9.66. The second-order valence-electron chi connectivity index (χ2n) is 8.44. The first-order valence-corrected chi connectivity index (χ1v) is 20.1. The molecule has 0 bridgehead atoms. The van der Waals surface area contributed by atoms with Crippen molar-refractivity contribution in [1.82, 2.24) is 0 Å². The van der Waals surface area contributed by atoms with Gasteiger partial charge in [0, 0.05) is 0 Å². The third-order valence-corrected chi connectivity index (χ3v) is 13.6. The Morgan fingerprint density at radius 1 is 0.750 bits per heavy atom. The van der Waals surface area contributed by atoms with Crippen molar-refractivity contribution in [3.63, 3.8) is 0 Å². The molecule has 0 rings (SSSR count). The predicted molar refractivity (Wildman–Crippen MR) is 115 cm³/mol. The van der Waals surface area contributed by atoms with Crippen LogP contribution in [0.15, 0.2) is 0 Å². The van der Waals surface area contributed by atoms with Gasteiger partial charge in [0.2, 0.25) is 0 Å². The Labute approximate surface area is 163 Å².